The Balaban J connectivity index is 1.52. The maximum Gasteiger partial charge on any atom is 0.339 e. The van der Waals surface area contributed by atoms with Gasteiger partial charge in [-0.15, -0.1) is 0 Å². The molecule has 1 amide bonds. The lowest BCUT2D eigenvalue weighted by molar-refractivity contribution is -0.145. The number of likely N-dealkylation sites (tertiary alicyclic amines) is 1. The zero-order valence-corrected chi connectivity index (χ0v) is 17.4. The molecule has 1 aromatic heterocycles. The van der Waals surface area contributed by atoms with Crippen LogP contribution in [0.5, 0.6) is 5.75 Å². The van der Waals surface area contributed by atoms with E-state index in [4.69, 9.17) is 9.15 Å². The molecule has 4 rings (SSSR count). The highest BCUT2D eigenvalue weighted by Gasteiger charge is 2.43. The third-order valence-corrected chi connectivity index (χ3v) is 6.79. The fraction of sp³-hybridized carbons (Fsp3) is 0.565. The van der Waals surface area contributed by atoms with Gasteiger partial charge in [0.05, 0.1) is 11.0 Å². The van der Waals surface area contributed by atoms with E-state index in [1.165, 1.54) is 0 Å². The molecule has 1 saturated heterocycles. The van der Waals surface area contributed by atoms with Crippen LogP contribution < -0.4 is 10.4 Å². The van der Waals surface area contributed by atoms with Gasteiger partial charge in [-0.05, 0) is 63.3 Å². The molecule has 1 saturated carbocycles. The van der Waals surface area contributed by atoms with Gasteiger partial charge in [0.2, 0.25) is 0 Å². The third kappa shape index (κ3) is 3.66. The summed E-state index contributed by atoms with van der Waals surface area (Å²) in [5, 5.41) is 11.6. The van der Waals surface area contributed by atoms with Crippen molar-refractivity contribution >= 4 is 16.9 Å². The molecule has 2 aromatic rings. The summed E-state index contributed by atoms with van der Waals surface area (Å²) < 4.78 is 11.4. The molecule has 1 aliphatic heterocycles. The first-order chi connectivity index (χ1) is 13.8. The van der Waals surface area contributed by atoms with Crippen molar-refractivity contribution in [1.29, 1.82) is 0 Å². The Morgan fingerprint density at radius 3 is 2.83 bits per heavy atom. The molecular weight excluding hydrogens is 370 g/mol. The predicted molar refractivity (Wildman–Crippen MR) is 110 cm³/mol. The van der Waals surface area contributed by atoms with Gasteiger partial charge in [0.25, 0.3) is 5.91 Å². The number of ether oxygens (including phenoxy) is 1. The highest BCUT2D eigenvalue weighted by atomic mass is 16.5. The number of amides is 1. The Bertz CT molecular complexity index is 1010. The molecule has 1 aromatic carbocycles. The smallest absolute Gasteiger partial charge is 0.339 e. The van der Waals surface area contributed by atoms with Crippen LogP contribution in [0.25, 0.3) is 11.0 Å². The number of carbonyl (C=O) groups is 1. The summed E-state index contributed by atoms with van der Waals surface area (Å²) in [7, 11) is 0. The van der Waals surface area contributed by atoms with Gasteiger partial charge in [-0.2, -0.15) is 0 Å². The standard InChI is InChI=1S/C23H29NO5/c1-14-10-18(21-15(2)16(3)22(26)29-19(21)11-14)28-13-20(25)24-9-8-23(27)7-5-4-6-17(23)12-24/h10-11,17,27H,4-9,12-13H2,1-3H3/t17-,23-/m1/s1. The molecule has 2 atom stereocenters. The summed E-state index contributed by atoms with van der Waals surface area (Å²) in [5.74, 6) is 0.649. The Hall–Kier alpha value is -2.34. The quantitative estimate of drug-likeness (QED) is 0.802. The summed E-state index contributed by atoms with van der Waals surface area (Å²) in [4.78, 5) is 26.6. The van der Waals surface area contributed by atoms with E-state index in [-0.39, 0.29) is 24.1 Å². The maximum atomic E-state index is 12.8. The van der Waals surface area contributed by atoms with Gasteiger partial charge in [-0.3, -0.25) is 4.79 Å². The second kappa shape index (κ2) is 7.48. The van der Waals surface area contributed by atoms with E-state index in [1.54, 1.807) is 6.92 Å². The van der Waals surface area contributed by atoms with Crippen molar-refractivity contribution in [3.63, 3.8) is 0 Å². The Morgan fingerprint density at radius 2 is 2.03 bits per heavy atom. The molecule has 0 bridgehead atoms. The number of fused-ring (bicyclic) bond motifs is 2. The monoisotopic (exact) mass is 399 g/mol. The van der Waals surface area contributed by atoms with Crippen LogP contribution in [-0.4, -0.2) is 41.2 Å². The molecule has 156 valence electrons. The van der Waals surface area contributed by atoms with Gasteiger partial charge >= 0.3 is 5.63 Å². The van der Waals surface area contributed by atoms with Crippen LogP contribution in [0.3, 0.4) is 0 Å². The zero-order valence-electron chi connectivity index (χ0n) is 17.4. The zero-order chi connectivity index (χ0) is 20.8. The molecule has 0 radical (unpaired) electrons. The Labute approximate surface area is 170 Å². The van der Waals surface area contributed by atoms with Crippen LogP contribution in [0.4, 0.5) is 0 Å². The Morgan fingerprint density at radius 1 is 1.24 bits per heavy atom. The summed E-state index contributed by atoms with van der Waals surface area (Å²) in [6.07, 6.45) is 4.64. The summed E-state index contributed by atoms with van der Waals surface area (Å²) in [5.41, 5.74) is 1.78. The second-order valence-electron chi connectivity index (χ2n) is 8.70. The number of aliphatic hydroxyl groups is 1. The molecule has 1 aliphatic carbocycles. The van der Waals surface area contributed by atoms with Gasteiger partial charge in [0, 0.05) is 24.6 Å². The SMILES string of the molecule is Cc1cc(OCC(=O)N2CC[C@]3(O)CCCC[C@@H]3C2)c2c(C)c(C)c(=O)oc2c1. The van der Waals surface area contributed by atoms with Crippen molar-refractivity contribution in [1.82, 2.24) is 4.90 Å². The number of hydrogen-bond acceptors (Lipinski definition) is 5. The van der Waals surface area contributed by atoms with E-state index >= 15 is 0 Å². The third-order valence-electron chi connectivity index (χ3n) is 6.79. The highest BCUT2D eigenvalue weighted by Crippen LogP contribution is 2.39. The van der Waals surface area contributed by atoms with E-state index in [0.717, 1.165) is 42.2 Å². The highest BCUT2D eigenvalue weighted by molar-refractivity contribution is 5.88. The molecule has 2 aliphatic rings. The van der Waals surface area contributed by atoms with Crippen LogP contribution >= 0.6 is 0 Å². The first-order valence-electron chi connectivity index (χ1n) is 10.5. The number of benzene rings is 1. The van der Waals surface area contributed by atoms with E-state index < -0.39 is 5.60 Å². The first kappa shape index (κ1) is 20.0. The molecule has 6 nitrogen and oxygen atoms in total. The van der Waals surface area contributed by atoms with Crippen molar-refractivity contribution in [3.05, 3.63) is 39.2 Å². The minimum atomic E-state index is -0.602. The number of nitrogens with zero attached hydrogens (tertiary/aromatic N) is 1. The number of rotatable bonds is 3. The molecule has 1 N–H and O–H groups in total. The molecule has 2 fully saturated rings. The minimum absolute atomic E-state index is 0.0681. The van der Waals surface area contributed by atoms with E-state index in [9.17, 15) is 14.7 Å². The van der Waals surface area contributed by atoms with Gasteiger partial charge < -0.3 is 19.2 Å². The topological polar surface area (TPSA) is 80.0 Å². The lowest BCUT2D eigenvalue weighted by Crippen LogP contribution is -2.55. The van der Waals surface area contributed by atoms with Crippen molar-refractivity contribution in [2.45, 2.75) is 58.5 Å². The fourth-order valence-electron chi connectivity index (χ4n) is 4.83. The minimum Gasteiger partial charge on any atom is -0.483 e. The van der Waals surface area contributed by atoms with Crippen LogP contribution in [0, 0.1) is 26.7 Å². The lowest BCUT2D eigenvalue weighted by Gasteiger charge is -2.47. The normalized spacial score (nSPS) is 24.4. The maximum absolute atomic E-state index is 12.8. The largest absolute Gasteiger partial charge is 0.483 e. The van der Waals surface area contributed by atoms with Crippen LogP contribution in [-0.2, 0) is 4.79 Å². The number of hydrogen-bond donors (Lipinski definition) is 1. The van der Waals surface area contributed by atoms with Crippen molar-refractivity contribution < 1.29 is 19.1 Å². The van der Waals surface area contributed by atoms with Crippen molar-refractivity contribution in [3.8, 4) is 5.75 Å². The number of aryl methyl sites for hydroxylation is 2. The fourth-order valence-corrected chi connectivity index (χ4v) is 4.83. The number of carbonyl (C=O) groups excluding carboxylic acids is 1. The molecule has 29 heavy (non-hydrogen) atoms. The number of piperidine rings is 1. The van der Waals surface area contributed by atoms with Gasteiger partial charge in [-0.25, -0.2) is 4.79 Å². The molecule has 0 unspecified atom stereocenters. The van der Waals surface area contributed by atoms with Crippen LogP contribution in [0.15, 0.2) is 21.3 Å². The van der Waals surface area contributed by atoms with E-state index in [2.05, 4.69) is 0 Å². The van der Waals surface area contributed by atoms with Gasteiger partial charge in [0.15, 0.2) is 6.61 Å². The van der Waals surface area contributed by atoms with E-state index in [1.807, 2.05) is 30.9 Å². The van der Waals surface area contributed by atoms with E-state index in [0.29, 0.717) is 36.4 Å². The molecule has 2 heterocycles. The van der Waals surface area contributed by atoms with Crippen LogP contribution in [0.1, 0.15) is 48.8 Å². The van der Waals surface area contributed by atoms with Crippen LogP contribution in [0.2, 0.25) is 0 Å². The van der Waals surface area contributed by atoms with Gasteiger partial charge in [-0.1, -0.05) is 12.8 Å². The summed E-state index contributed by atoms with van der Waals surface area (Å²) >= 11 is 0. The molecule has 0 spiro atoms. The first-order valence-corrected chi connectivity index (χ1v) is 10.5. The van der Waals surface area contributed by atoms with Crippen molar-refractivity contribution in [2.24, 2.45) is 5.92 Å². The average Bonchev–Trinajstić information content (AvgIpc) is 2.69. The molecule has 6 heteroatoms. The van der Waals surface area contributed by atoms with Crippen molar-refractivity contribution in [2.75, 3.05) is 19.7 Å². The van der Waals surface area contributed by atoms with Gasteiger partial charge in [0.1, 0.15) is 11.3 Å². The average molecular weight is 399 g/mol. The predicted octanol–water partition coefficient (Wildman–Crippen LogP) is 3.25. The Kier molecular flexibility index (Phi) is 5.15. The summed E-state index contributed by atoms with van der Waals surface area (Å²) in [6.45, 7) is 6.60. The summed E-state index contributed by atoms with van der Waals surface area (Å²) in [6, 6.07) is 3.69. The lowest BCUT2D eigenvalue weighted by atomic mass is 9.71. The molecular formula is C23H29NO5. The second-order valence-corrected chi connectivity index (χ2v) is 8.70.